The first-order chi connectivity index (χ1) is 11.7. The maximum atomic E-state index is 8.90. The third-order valence-corrected chi connectivity index (χ3v) is 4.74. The lowest BCUT2D eigenvalue weighted by Crippen LogP contribution is -2.42. The zero-order valence-electron chi connectivity index (χ0n) is 15.2. The van der Waals surface area contributed by atoms with E-state index in [0.29, 0.717) is 12.3 Å². The molecule has 0 amide bonds. The molecule has 0 unspecified atom stereocenters. The molecule has 0 bridgehead atoms. The molecule has 132 valence electrons. The van der Waals surface area contributed by atoms with Crippen LogP contribution in [0.4, 0.5) is 0 Å². The SMILES string of the molecule is CC(C)c1ccc(CCN(CCC#N)CCN2CCOCC2)cc1. The minimum Gasteiger partial charge on any atom is -0.379 e. The normalized spacial score (nSPS) is 15.8. The minimum absolute atomic E-state index is 0.583. The van der Waals surface area contributed by atoms with Crippen molar-refractivity contribution in [1.82, 2.24) is 9.80 Å². The third kappa shape index (κ3) is 6.60. The second kappa shape index (κ2) is 10.5. The molecule has 0 saturated carbocycles. The summed E-state index contributed by atoms with van der Waals surface area (Å²) in [6.45, 7) is 12.2. The Kier molecular flexibility index (Phi) is 8.24. The van der Waals surface area contributed by atoms with E-state index in [9.17, 15) is 0 Å². The Morgan fingerprint density at radius 3 is 2.46 bits per heavy atom. The summed E-state index contributed by atoms with van der Waals surface area (Å²) in [4.78, 5) is 4.88. The average Bonchev–Trinajstić information content (AvgIpc) is 2.62. The van der Waals surface area contributed by atoms with Gasteiger partial charge in [0.1, 0.15) is 0 Å². The third-order valence-electron chi connectivity index (χ3n) is 4.74. The van der Waals surface area contributed by atoms with Crippen LogP contribution in [-0.4, -0.2) is 62.3 Å². The molecule has 1 aliphatic heterocycles. The van der Waals surface area contributed by atoms with Crippen LogP contribution in [0.25, 0.3) is 0 Å². The molecule has 0 N–H and O–H groups in total. The second-order valence-electron chi connectivity index (χ2n) is 6.85. The number of ether oxygens (including phenoxy) is 1. The number of nitrogens with zero attached hydrogens (tertiary/aromatic N) is 3. The predicted molar refractivity (Wildman–Crippen MR) is 98.2 cm³/mol. The van der Waals surface area contributed by atoms with E-state index in [1.807, 2.05) is 0 Å². The molecule has 0 aromatic heterocycles. The van der Waals surface area contributed by atoms with Crippen molar-refractivity contribution in [2.75, 3.05) is 52.5 Å². The second-order valence-corrected chi connectivity index (χ2v) is 6.85. The van der Waals surface area contributed by atoms with Gasteiger partial charge in [0.15, 0.2) is 0 Å². The van der Waals surface area contributed by atoms with E-state index < -0.39 is 0 Å². The van der Waals surface area contributed by atoms with Crippen molar-refractivity contribution in [2.24, 2.45) is 0 Å². The van der Waals surface area contributed by atoms with Gasteiger partial charge in [-0.1, -0.05) is 38.1 Å². The van der Waals surface area contributed by atoms with Gasteiger partial charge in [-0.2, -0.15) is 5.26 Å². The fraction of sp³-hybridized carbons (Fsp3) is 0.650. The van der Waals surface area contributed by atoms with Gasteiger partial charge in [0.25, 0.3) is 0 Å². The molecule has 0 spiro atoms. The molecule has 1 aromatic carbocycles. The molecule has 1 saturated heterocycles. The monoisotopic (exact) mass is 329 g/mol. The van der Waals surface area contributed by atoms with Crippen molar-refractivity contribution in [3.05, 3.63) is 35.4 Å². The van der Waals surface area contributed by atoms with E-state index in [-0.39, 0.29) is 0 Å². The molecule has 1 heterocycles. The first-order valence-corrected chi connectivity index (χ1v) is 9.17. The van der Waals surface area contributed by atoms with E-state index in [4.69, 9.17) is 10.00 Å². The Labute approximate surface area is 147 Å². The van der Waals surface area contributed by atoms with Crippen LogP contribution in [0.3, 0.4) is 0 Å². The van der Waals surface area contributed by atoms with Crippen molar-refractivity contribution in [1.29, 1.82) is 5.26 Å². The Balaban J connectivity index is 1.80. The molecule has 0 radical (unpaired) electrons. The van der Waals surface area contributed by atoms with Gasteiger partial charge in [-0.05, 0) is 23.5 Å². The Morgan fingerprint density at radius 1 is 1.12 bits per heavy atom. The van der Waals surface area contributed by atoms with Crippen molar-refractivity contribution in [3.8, 4) is 6.07 Å². The smallest absolute Gasteiger partial charge is 0.0635 e. The number of morpholine rings is 1. The molecule has 0 atom stereocenters. The van der Waals surface area contributed by atoms with Crippen LogP contribution in [0, 0.1) is 11.3 Å². The molecular formula is C20H31N3O. The number of benzene rings is 1. The number of nitriles is 1. The van der Waals surface area contributed by atoms with Gasteiger partial charge < -0.3 is 9.64 Å². The number of hydrogen-bond donors (Lipinski definition) is 0. The van der Waals surface area contributed by atoms with Crippen molar-refractivity contribution < 1.29 is 4.74 Å². The molecule has 4 heteroatoms. The van der Waals surface area contributed by atoms with E-state index in [0.717, 1.165) is 58.9 Å². The van der Waals surface area contributed by atoms with Gasteiger partial charge in [0.2, 0.25) is 0 Å². The zero-order chi connectivity index (χ0) is 17.2. The topological polar surface area (TPSA) is 39.5 Å². The van der Waals surface area contributed by atoms with Gasteiger partial charge in [-0.3, -0.25) is 4.90 Å². The first-order valence-electron chi connectivity index (χ1n) is 9.17. The molecule has 1 fully saturated rings. The summed E-state index contributed by atoms with van der Waals surface area (Å²) in [5, 5.41) is 8.90. The summed E-state index contributed by atoms with van der Waals surface area (Å²) in [6, 6.07) is 11.3. The van der Waals surface area contributed by atoms with Crippen LogP contribution >= 0.6 is 0 Å². The maximum absolute atomic E-state index is 8.90. The standard InChI is InChI=1S/C20H31N3O/c1-18(2)20-6-4-19(5-7-20)8-11-22(10-3-9-21)12-13-23-14-16-24-17-15-23/h4-7,18H,3,8,10-17H2,1-2H3. The fourth-order valence-electron chi connectivity index (χ4n) is 3.01. The molecule has 1 aliphatic rings. The van der Waals surface area contributed by atoms with E-state index in [2.05, 4.69) is 54.0 Å². The van der Waals surface area contributed by atoms with Crippen LogP contribution < -0.4 is 0 Å². The van der Waals surface area contributed by atoms with Crippen LogP contribution in [-0.2, 0) is 11.2 Å². The summed E-state index contributed by atoms with van der Waals surface area (Å²) >= 11 is 0. The number of hydrogen-bond acceptors (Lipinski definition) is 4. The van der Waals surface area contributed by atoms with Gasteiger partial charge in [-0.25, -0.2) is 0 Å². The highest BCUT2D eigenvalue weighted by atomic mass is 16.5. The fourth-order valence-corrected chi connectivity index (χ4v) is 3.01. The van der Waals surface area contributed by atoms with Gasteiger partial charge in [-0.15, -0.1) is 0 Å². The summed E-state index contributed by atoms with van der Waals surface area (Å²) in [5.74, 6) is 0.583. The lowest BCUT2D eigenvalue weighted by atomic mass is 10.0. The molecule has 4 nitrogen and oxygen atoms in total. The van der Waals surface area contributed by atoms with Crippen molar-refractivity contribution in [2.45, 2.75) is 32.6 Å². The Hall–Kier alpha value is -1.41. The van der Waals surface area contributed by atoms with E-state index in [1.165, 1.54) is 11.1 Å². The zero-order valence-corrected chi connectivity index (χ0v) is 15.2. The highest BCUT2D eigenvalue weighted by Gasteiger charge is 2.12. The first kappa shape index (κ1) is 18.9. The Morgan fingerprint density at radius 2 is 1.83 bits per heavy atom. The van der Waals surface area contributed by atoms with Crippen LogP contribution in [0.2, 0.25) is 0 Å². The van der Waals surface area contributed by atoms with Crippen molar-refractivity contribution in [3.63, 3.8) is 0 Å². The largest absolute Gasteiger partial charge is 0.379 e. The molecular weight excluding hydrogens is 298 g/mol. The van der Waals surface area contributed by atoms with Crippen LogP contribution in [0.15, 0.2) is 24.3 Å². The quantitative estimate of drug-likeness (QED) is 0.698. The van der Waals surface area contributed by atoms with Gasteiger partial charge in [0.05, 0.1) is 19.3 Å². The average molecular weight is 329 g/mol. The van der Waals surface area contributed by atoms with Crippen LogP contribution in [0.5, 0.6) is 0 Å². The van der Waals surface area contributed by atoms with E-state index >= 15 is 0 Å². The summed E-state index contributed by atoms with van der Waals surface area (Å²) in [7, 11) is 0. The minimum atomic E-state index is 0.583. The lowest BCUT2D eigenvalue weighted by Gasteiger charge is -2.29. The molecule has 1 aromatic rings. The van der Waals surface area contributed by atoms with Crippen LogP contribution in [0.1, 0.15) is 37.3 Å². The predicted octanol–water partition coefficient (Wildman–Crippen LogP) is 2.90. The highest BCUT2D eigenvalue weighted by Crippen LogP contribution is 2.15. The highest BCUT2D eigenvalue weighted by molar-refractivity contribution is 5.24. The summed E-state index contributed by atoms with van der Waals surface area (Å²) < 4.78 is 5.40. The molecule has 2 rings (SSSR count). The Bertz CT molecular complexity index is 501. The lowest BCUT2D eigenvalue weighted by molar-refractivity contribution is 0.0335. The van der Waals surface area contributed by atoms with Gasteiger partial charge in [0, 0.05) is 45.7 Å². The summed E-state index contributed by atoms with van der Waals surface area (Å²) in [5.41, 5.74) is 2.78. The van der Waals surface area contributed by atoms with Crippen molar-refractivity contribution >= 4 is 0 Å². The van der Waals surface area contributed by atoms with Gasteiger partial charge >= 0.3 is 0 Å². The maximum Gasteiger partial charge on any atom is 0.0635 e. The molecule has 24 heavy (non-hydrogen) atoms. The summed E-state index contributed by atoms with van der Waals surface area (Å²) in [6.07, 6.45) is 1.66. The molecule has 0 aliphatic carbocycles. The number of rotatable bonds is 9. The van der Waals surface area contributed by atoms with E-state index in [1.54, 1.807) is 0 Å².